The molecule has 1 saturated carbocycles. The molecule has 1 fully saturated rings. The zero-order valence-electron chi connectivity index (χ0n) is 17.4. The summed E-state index contributed by atoms with van der Waals surface area (Å²) < 4.78 is 5.93. The summed E-state index contributed by atoms with van der Waals surface area (Å²) in [6.45, 7) is 11.7. The Kier molecular flexibility index (Phi) is 5.73. The number of fused-ring (bicyclic) bond motifs is 1. The second kappa shape index (κ2) is 7.50. The van der Waals surface area contributed by atoms with Gasteiger partial charge in [0.1, 0.15) is 5.76 Å². The molecule has 4 unspecified atom stereocenters. The van der Waals surface area contributed by atoms with Crippen LogP contribution >= 0.6 is 23.2 Å². The predicted molar refractivity (Wildman–Crippen MR) is 113 cm³/mol. The van der Waals surface area contributed by atoms with Gasteiger partial charge in [-0.15, -0.1) is 0 Å². The van der Waals surface area contributed by atoms with Crippen LogP contribution < -0.4 is 0 Å². The second-order valence-electron chi connectivity index (χ2n) is 9.46. The van der Waals surface area contributed by atoms with E-state index in [1.54, 1.807) is 12.1 Å². The van der Waals surface area contributed by atoms with Gasteiger partial charge in [0, 0.05) is 22.4 Å². The molecule has 1 aromatic carbocycles. The van der Waals surface area contributed by atoms with Crippen molar-refractivity contribution in [1.29, 1.82) is 0 Å². The first kappa shape index (κ1) is 21.4. The summed E-state index contributed by atoms with van der Waals surface area (Å²) in [6.07, 6.45) is 1.63. The van der Waals surface area contributed by atoms with Gasteiger partial charge in [-0.05, 0) is 70.1 Å². The van der Waals surface area contributed by atoms with Gasteiger partial charge in [0.2, 0.25) is 0 Å². The summed E-state index contributed by atoms with van der Waals surface area (Å²) in [4.78, 5) is 26.2. The molecule has 0 bridgehead atoms. The highest BCUT2D eigenvalue weighted by Crippen LogP contribution is 2.52. The van der Waals surface area contributed by atoms with E-state index in [0.717, 1.165) is 18.4 Å². The van der Waals surface area contributed by atoms with Crippen LogP contribution in [0.15, 0.2) is 17.9 Å². The van der Waals surface area contributed by atoms with E-state index in [1.807, 2.05) is 27.7 Å². The number of benzene rings is 1. The number of ketones is 1. The highest BCUT2D eigenvalue weighted by molar-refractivity contribution is 6.38. The number of aryl methyl sites for hydroxylation is 1. The third kappa shape index (κ3) is 3.76. The largest absolute Gasteiger partial charge is 0.430 e. The van der Waals surface area contributed by atoms with Crippen molar-refractivity contribution in [1.82, 2.24) is 0 Å². The van der Waals surface area contributed by atoms with E-state index in [2.05, 4.69) is 13.8 Å². The Hall–Kier alpha value is -1.32. The average molecular weight is 423 g/mol. The number of esters is 1. The fourth-order valence-corrected chi connectivity index (χ4v) is 5.00. The minimum absolute atomic E-state index is 0.0350. The minimum Gasteiger partial charge on any atom is -0.430 e. The Balaban J connectivity index is 2.18. The first-order valence-electron chi connectivity index (χ1n) is 9.88. The Morgan fingerprint density at radius 3 is 2.18 bits per heavy atom. The molecule has 2 aliphatic rings. The van der Waals surface area contributed by atoms with Gasteiger partial charge in [0.05, 0.1) is 16.0 Å². The summed E-state index contributed by atoms with van der Waals surface area (Å²) in [5.41, 5.74) is 1.26. The lowest BCUT2D eigenvalue weighted by Crippen LogP contribution is -2.32. The van der Waals surface area contributed by atoms with Crippen molar-refractivity contribution in [3.8, 4) is 0 Å². The number of rotatable bonds is 2. The van der Waals surface area contributed by atoms with E-state index < -0.39 is 5.41 Å². The van der Waals surface area contributed by atoms with Gasteiger partial charge in [0.15, 0.2) is 5.78 Å². The molecule has 1 aromatic rings. The van der Waals surface area contributed by atoms with E-state index >= 15 is 0 Å². The van der Waals surface area contributed by atoms with E-state index in [-0.39, 0.29) is 23.6 Å². The molecule has 0 radical (unpaired) electrons. The lowest BCUT2D eigenvalue weighted by Gasteiger charge is -2.35. The van der Waals surface area contributed by atoms with Crippen molar-refractivity contribution in [3.63, 3.8) is 0 Å². The van der Waals surface area contributed by atoms with Crippen LogP contribution in [-0.2, 0) is 14.3 Å². The summed E-state index contributed by atoms with van der Waals surface area (Å²) in [5.74, 6) is 0.877. The van der Waals surface area contributed by atoms with Crippen molar-refractivity contribution in [3.05, 3.63) is 39.1 Å². The molecule has 0 amide bonds. The fraction of sp³-hybridized carbons (Fsp3) is 0.565. The molecular formula is C23H28Cl2O3. The molecule has 0 N–H and O–H groups in total. The highest BCUT2D eigenvalue weighted by Gasteiger charge is 2.49. The van der Waals surface area contributed by atoms with Crippen LogP contribution in [-0.4, -0.2) is 11.8 Å². The van der Waals surface area contributed by atoms with E-state index in [0.29, 0.717) is 38.8 Å². The summed E-state index contributed by atoms with van der Waals surface area (Å²) >= 11 is 12.7. The molecule has 3 rings (SSSR count). The molecule has 2 aliphatic carbocycles. The lowest BCUT2D eigenvalue weighted by atomic mass is 9.70. The second-order valence-corrected chi connectivity index (χ2v) is 10.3. The Morgan fingerprint density at radius 2 is 1.64 bits per heavy atom. The number of Topliss-reactive ketones (excluding diaryl/α,β-unsaturated/α-hetero) is 1. The molecule has 28 heavy (non-hydrogen) atoms. The SMILES string of the molecule is Cc1cc(Cl)cc(Cl)c1C1=C(OC(=O)C(C)(C)C)C2CC(C)C(C)CC2C1=O. The van der Waals surface area contributed by atoms with Crippen LogP contribution in [0.3, 0.4) is 0 Å². The quantitative estimate of drug-likeness (QED) is 0.511. The smallest absolute Gasteiger partial charge is 0.316 e. The van der Waals surface area contributed by atoms with Gasteiger partial charge in [-0.1, -0.05) is 37.0 Å². The molecule has 0 aliphatic heterocycles. The first-order chi connectivity index (χ1) is 12.9. The molecule has 5 heteroatoms. The number of carbonyl (C=O) groups is 2. The lowest BCUT2D eigenvalue weighted by molar-refractivity contribution is -0.149. The predicted octanol–water partition coefficient (Wildman–Crippen LogP) is 6.48. The number of hydrogen-bond acceptors (Lipinski definition) is 3. The van der Waals surface area contributed by atoms with Gasteiger partial charge in [0.25, 0.3) is 0 Å². The van der Waals surface area contributed by atoms with Crippen molar-refractivity contribution < 1.29 is 14.3 Å². The van der Waals surface area contributed by atoms with Gasteiger partial charge in [-0.3, -0.25) is 9.59 Å². The topological polar surface area (TPSA) is 43.4 Å². The van der Waals surface area contributed by atoms with Crippen molar-refractivity contribution in [2.24, 2.45) is 29.1 Å². The number of halogens is 2. The monoisotopic (exact) mass is 422 g/mol. The number of hydrogen-bond donors (Lipinski definition) is 0. The van der Waals surface area contributed by atoms with E-state index in [9.17, 15) is 9.59 Å². The minimum atomic E-state index is -0.661. The summed E-state index contributed by atoms with van der Waals surface area (Å²) in [5, 5.41) is 0.933. The molecule has 4 atom stereocenters. The van der Waals surface area contributed by atoms with Gasteiger partial charge in [-0.2, -0.15) is 0 Å². The number of carbonyl (C=O) groups excluding carboxylic acids is 2. The Labute approximate surface area is 177 Å². The van der Waals surface area contributed by atoms with Gasteiger partial charge >= 0.3 is 5.97 Å². The molecule has 0 saturated heterocycles. The Bertz CT molecular complexity index is 840. The summed E-state index contributed by atoms with van der Waals surface area (Å²) in [7, 11) is 0. The molecule has 0 heterocycles. The number of ether oxygens (including phenoxy) is 1. The normalized spacial score (nSPS) is 27.8. The Morgan fingerprint density at radius 1 is 1.07 bits per heavy atom. The molecule has 0 spiro atoms. The maximum absolute atomic E-state index is 13.5. The van der Waals surface area contributed by atoms with Gasteiger partial charge < -0.3 is 4.74 Å². The number of allylic oxidation sites excluding steroid dienone is 2. The van der Waals surface area contributed by atoms with Crippen molar-refractivity contribution >= 4 is 40.5 Å². The van der Waals surface area contributed by atoms with Crippen LogP contribution in [0.25, 0.3) is 5.57 Å². The van der Waals surface area contributed by atoms with Crippen molar-refractivity contribution in [2.75, 3.05) is 0 Å². The third-order valence-electron chi connectivity index (χ3n) is 6.19. The van der Waals surface area contributed by atoms with Crippen LogP contribution in [0, 0.1) is 36.0 Å². The zero-order chi connectivity index (χ0) is 21.0. The van der Waals surface area contributed by atoms with Crippen LogP contribution in [0.2, 0.25) is 10.0 Å². The zero-order valence-corrected chi connectivity index (χ0v) is 18.9. The summed E-state index contributed by atoms with van der Waals surface area (Å²) in [6, 6.07) is 3.43. The van der Waals surface area contributed by atoms with E-state index in [1.165, 1.54) is 0 Å². The first-order valence-corrected chi connectivity index (χ1v) is 10.6. The molecule has 152 valence electrons. The molecular weight excluding hydrogens is 395 g/mol. The van der Waals surface area contributed by atoms with Crippen LogP contribution in [0.5, 0.6) is 0 Å². The fourth-order valence-electron chi connectivity index (χ4n) is 4.31. The highest BCUT2D eigenvalue weighted by atomic mass is 35.5. The molecule has 3 nitrogen and oxygen atoms in total. The van der Waals surface area contributed by atoms with Gasteiger partial charge in [-0.25, -0.2) is 0 Å². The molecule has 0 aromatic heterocycles. The van der Waals surface area contributed by atoms with Crippen molar-refractivity contribution in [2.45, 2.75) is 54.4 Å². The van der Waals surface area contributed by atoms with Crippen LogP contribution in [0.4, 0.5) is 0 Å². The van der Waals surface area contributed by atoms with Crippen LogP contribution in [0.1, 0.15) is 58.6 Å². The maximum Gasteiger partial charge on any atom is 0.316 e. The van der Waals surface area contributed by atoms with E-state index in [4.69, 9.17) is 27.9 Å². The third-order valence-corrected chi connectivity index (χ3v) is 6.71. The standard InChI is InChI=1S/C23H28Cl2O3/c1-11-8-15-16(9-12(11)2)21(28-22(27)23(4,5)6)19(20(15)26)18-13(3)7-14(24)10-17(18)25/h7,10-12,15-16H,8-9H2,1-6H3. The maximum atomic E-state index is 13.5. The average Bonchev–Trinajstić information content (AvgIpc) is 2.79.